The molecule has 2 fully saturated rings. The number of benzene rings is 1. The van der Waals surface area contributed by atoms with Gasteiger partial charge in [0.25, 0.3) is 0 Å². The van der Waals surface area contributed by atoms with Gasteiger partial charge in [0, 0.05) is 5.54 Å². The third-order valence-electron chi connectivity index (χ3n) is 4.47. The molecule has 1 heterocycles. The Morgan fingerprint density at radius 3 is 2.53 bits per heavy atom. The molecule has 0 spiro atoms. The summed E-state index contributed by atoms with van der Waals surface area (Å²) in [5.41, 5.74) is 3.36. The molecule has 1 aromatic rings. The van der Waals surface area contributed by atoms with Crippen LogP contribution >= 0.6 is 0 Å². The van der Waals surface area contributed by atoms with Gasteiger partial charge in [-0.2, -0.15) is 0 Å². The predicted molar refractivity (Wildman–Crippen MR) is 72.1 cm³/mol. The minimum absolute atomic E-state index is 0.338. The van der Waals surface area contributed by atoms with Gasteiger partial charge in [0.05, 0.1) is 0 Å². The molecular formula is C16H23N. The third kappa shape index (κ3) is 2.01. The van der Waals surface area contributed by atoms with Crippen LogP contribution in [-0.4, -0.2) is 6.54 Å². The van der Waals surface area contributed by atoms with Gasteiger partial charge in [0.15, 0.2) is 0 Å². The minimum Gasteiger partial charge on any atom is -0.307 e. The highest BCUT2D eigenvalue weighted by molar-refractivity contribution is 5.32. The summed E-state index contributed by atoms with van der Waals surface area (Å²) >= 11 is 0. The van der Waals surface area contributed by atoms with Gasteiger partial charge in [-0.15, -0.1) is 0 Å². The van der Waals surface area contributed by atoms with E-state index in [1.165, 1.54) is 56.2 Å². The fraction of sp³-hybridized carbons (Fsp3) is 0.625. The second-order valence-electron chi connectivity index (χ2n) is 5.72. The quantitative estimate of drug-likeness (QED) is 0.831. The Bertz CT molecular complexity index is 369. The fourth-order valence-corrected chi connectivity index (χ4v) is 3.43. The molecule has 1 saturated carbocycles. The smallest absolute Gasteiger partial charge is 0.0463 e. The van der Waals surface area contributed by atoms with E-state index in [1.54, 1.807) is 0 Å². The average Bonchev–Trinajstić information content (AvgIpc) is 3.10. The molecule has 1 aromatic carbocycles. The second kappa shape index (κ2) is 4.45. The van der Waals surface area contributed by atoms with Crippen LogP contribution in [0, 0.1) is 5.92 Å². The first-order chi connectivity index (χ1) is 8.35. The van der Waals surface area contributed by atoms with E-state index in [0.29, 0.717) is 5.54 Å². The van der Waals surface area contributed by atoms with Crippen molar-refractivity contribution < 1.29 is 0 Å². The molecule has 3 rings (SSSR count). The lowest BCUT2D eigenvalue weighted by molar-refractivity contribution is 0.336. The van der Waals surface area contributed by atoms with Gasteiger partial charge in [-0.1, -0.05) is 37.6 Å². The third-order valence-corrected chi connectivity index (χ3v) is 4.47. The van der Waals surface area contributed by atoms with Crippen LogP contribution in [0.2, 0.25) is 0 Å². The summed E-state index contributed by atoms with van der Waals surface area (Å²) < 4.78 is 0. The Kier molecular flexibility index (Phi) is 2.96. The average molecular weight is 229 g/mol. The first-order valence-electron chi connectivity index (χ1n) is 7.19. The van der Waals surface area contributed by atoms with Crippen LogP contribution in [-0.2, 0) is 12.0 Å². The summed E-state index contributed by atoms with van der Waals surface area (Å²) in [6.07, 6.45) is 7.97. The van der Waals surface area contributed by atoms with E-state index >= 15 is 0 Å². The molecular weight excluding hydrogens is 206 g/mol. The molecule has 1 unspecified atom stereocenters. The van der Waals surface area contributed by atoms with Crippen molar-refractivity contribution in [2.45, 2.75) is 51.0 Å². The van der Waals surface area contributed by atoms with Crippen LogP contribution in [0.5, 0.6) is 0 Å². The topological polar surface area (TPSA) is 12.0 Å². The van der Waals surface area contributed by atoms with Gasteiger partial charge < -0.3 is 5.32 Å². The van der Waals surface area contributed by atoms with Gasteiger partial charge in [0.2, 0.25) is 0 Å². The van der Waals surface area contributed by atoms with Gasteiger partial charge in [0.1, 0.15) is 0 Å². The van der Waals surface area contributed by atoms with Crippen LogP contribution < -0.4 is 5.32 Å². The van der Waals surface area contributed by atoms with Crippen LogP contribution in [0.1, 0.15) is 50.2 Å². The maximum atomic E-state index is 3.80. The standard InChI is InChI=1S/C16H23N/c1-2-4-13-5-7-14(8-6-13)16(15-9-10-15)11-3-12-17-16/h5-8,15,17H,2-4,9-12H2,1H3. The van der Waals surface area contributed by atoms with Crippen molar-refractivity contribution in [2.24, 2.45) is 5.92 Å². The number of hydrogen-bond donors (Lipinski definition) is 1. The molecule has 1 saturated heterocycles. The summed E-state index contributed by atoms with van der Waals surface area (Å²) in [6, 6.07) is 9.43. The molecule has 0 bridgehead atoms. The van der Waals surface area contributed by atoms with E-state index < -0.39 is 0 Å². The van der Waals surface area contributed by atoms with Gasteiger partial charge >= 0.3 is 0 Å². The molecule has 0 aromatic heterocycles. The maximum Gasteiger partial charge on any atom is 0.0463 e. The van der Waals surface area contributed by atoms with Crippen LogP contribution in [0.3, 0.4) is 0 Å². The Balaban J connectivity index is 1.86. The Hall–Kier alpha value is -0.820. The van der Waals surface area contributed by atoms with E-state index in [4.69, 9.17) is 0 Å². The summed E-state index contributed by atoms with van der Waals surface area (Å²) in [5.74, 6) is 0.905. The highest BCUT2D eigenvalue weighted by Crippen LogP contribution is 2.50. The molecule has 17 heavy (non-hydrogen) atoms. The summed E-state index contributed by atoms with van der Waals surface area (Å²) in [6.45, 7) is 3.45. The number of hydrogen-bond acceptors (Lipinski definition) is 1. The molecule has 1 N–H and O–H groups in total. The molecule has 1 atom stereocenters. The summed E-state index contributed by atoms with van der Waals surface area (Å²) in [7, 11) is 0. The molecule has 1 aliphatic heterocycles. The molecule has 1 heteroatoms. The van der Waals surface area contributed by atoms with Crippen LogP contribution in [0.4, 0.5) is 0 Å². The number of aryl methyl sites for hydroxylation is 1. The molecule has 92 valence electrons. The first kappa shape index (κ1) is 11.3. The zero-order valence-corrected chi connectivity index (χ0v) is 10.8. The highest BCUT2D eigenvalue weighted by Gasteiger charge is 2.47. The lowest BCUT2D eigenvalue weighted by Gasteiger charge is -2.30. The SMILES string of the molecule is CCCc1ccc(C2(C3CC3)CCCN2)cc1. The molecule has 1 aliphatic carbocycles. The number of nitrogens with one attached hydrogen (secondary N) is 1. The first-order valence-corrected chi connectivity index (χ1v) is 7.19. The Morgan fingerprint density at radius 1 is 1.24 bits per heavy atom. The van der Waals surface area contributed by atoms with Crippen LogP contribution in [0.25, 0.3) is 0 Å². The van der Waals surface area contributed by atoms with Crippen molar-refractivity contribution >= 4 is 0 Å². The second-order valence-corrected chi connectivity index (χ2v) is 5.72. The fourth-order valence-electron chi connectivity index (χ4n) is 3.43. The summed E-state index contributed by atoms with van der Waals surface area (Å²) in [5, 5.41) is 3.80. The van der Waals surface area contributed by atoms with Crippen molar-refractivity contribution in [1.82, 2.24) is 5.32 Å². The maximum absolute atomic E-state index is 3.80. The van der Waals surface area contributed by atoms with Gasteiger partial charge in [-0.25, -0.2) is 0 Å². The van der Waals surface area contributed by atoms with Gasteiger partial charge in [-0.3, -0.25) is 0 Å². The van der Waals surface area contributed by atoms with E-state index in [9.17, 15) is 0 Å². The Labute approximate surface area is 105 Å². The highest BCUT2D eigenvalue weighted by atomic mass is 15.0. The van der Waals surface area contributed by atoms with Gasteiger partial charge in [-0.05, 0) is 55.7 Å². The predicted octanol–water partition coefficient (Wildman–Crippen LogP) is 3.63. The molecule has 0 amide bonds. The van der Waals surface area contributed by atoms with Crippen molar-refractivity contribution in [3.8, 4) is 0 Å². The molecule has 2 aliphatic rings. The lowest BCUT2D eigenvalue weighted by atomic mass is 9.83. The zero-order valence-electron chi connectivity index (χ0n) is 10.8. The monoisotopic (exact) mass is 229 g/mol. The van der Waals surface area contributed by atoms with E-state index in [2.05, 4.69) is 36.5 Å². The number of rotatable bonds is 4. The van der Waals surface area contributed by atoms with E-state index in [0.717, 1.165) is 5.92 Å². The largest absolute Gasteiger partial charge is 0.307 e. The van der Waals surface area contributed by atoms with Crippen molar-refractivity contribution in [3.63, 3.8) is 0 Å². The summed E-state index contributed by atoms with van der Waals surface area (Å²) in [4.78, 5) is 0. The van der Waals surface area contributed by atoms with E-state index in [1.807, 2.05) is 0 Å². The van der Waals surface area contributed by atoms with Crippen LogP contribution in [0.15, 0.2) is 24.3 Å². The molecule has 0 radical (unpaired) electrons. The zero-order chi connectivity index (χ0) is 11.7. The Morgan fingerprint density at radius 2 is 2.00 bits per heavy atom. The van der Waals surface area contributed by atoms with Crippen molar-refractivity contribution in [3.05, 3.63) is 35.4 Å². The lowest BCUT2D eigenvalue weighted by Crippen LogP contribution is -2.38. The van der Waals surface area contributed by atoms with Crippen molar-refractivity contribution in [2.75, 3.05) is 6.54 Å². The minimum atomic E-state index is 0.338. The van der Waals surface area contributed by atoms with Crippen molar-refractivity contribution in [1.29, 1.82) is 0 Å². The normalized spacial score (nSPS) is 28.5. The molecule has 1 nitrogen and oxygen atoms in total. The van der Waals surface area contributed by atoms with E-state index in [-0.39, 0.29) is 0 Å².